The molecule has 4 aliphatic rings. The van der Waals surface area contributed by atoms with Crippen LogP contribution in [0.25, 0.3) is 5.57 Å². The number of aryl methyl sites for hydroxylation is 1. The Labute approximate surface area is 197 Å². The van der Waals surface area contributed by atoms with Crippen LogP contribution in [0, 0.1) is 40.2 Å². The second-order valence-corrected chi connectivity index (χ2v) is 11.8. The number of nitrogens with zero attached hydrogens (tertiary/aromatic N) is 2. The average molecular weight is 469 g/mol. The van der Waals surface area contributed by atoms with Gasteiger partial charge in [-0.05, 0) is 85.8 Å². The van der Waals surface area contributed by atoms with Gasteiger partial charge in [-0.25, -0.2) is 13.8 Å². The smallest absolute Gasteiger partial charge is 0.188 e. The lowest BCUT2D eigenvalue weighted by Gasteiger charge is -2.56. The van der Waals surface area contributed by atoms with Crippen molar-refractivity contribution in [2.24, 2.45) is 39.5 Å². The normalized spacial score (nSPS) is 35.9. The van der Waals surface area contributed by atoms with Crippen molar-refractivity contribution in [3.05, 3.63) is 46.5 Å². The highest BCUT2D eigenvalue weighted by atomic mass is 32.1. The third-order valence-electron chi connectivity index (χ3n) is 9.36. The van der Waals surface area contributed by atoms with Gasteiger partial charge in [0.05, 0.1) is 16.3 Å². The van der Waals surface area contributed by atoms with Crippen molar-refractivity contribution >= 4 is 33.4 Å². The minimum absolute atomic E-state index is 0.144. The van der Waals surface area contributed by atoms with Crippen molar-refractivity contribution < 1.29 is 8.78 Å². The lowest BCUT2D eigenvalue weighted by molar-refractivity contribution is 0.0117. The second-order valence-electron chi connectivity index (χ2n) is 10.8. The van der Waals surface area contributed by atoms with Gasteiger partial charge in [0.2, 0.25) is 0 Å². The molecular formula is C26H30F2N4S. The number of hydrogen-bond acceptors (Lipinski definition) is 5. The summed E-state index contributed by atoms with van der Waals surface area (Å²) in [5, 5.41) is 7.95. The number of hydrogen-bond donors (Lipinski definition) is 2. The maximum absolute atomic E-state index is 14.2. The van der Waals surface area contributed by atoms with Crippen molar-refractivity contribution in [3.63, 3.8) is 0 Å². The summed E-state index contributed by atoms with van der Waals surface area (Å²) < 4.78 is 27.5. The van der Waals surface area contributed by atoms with E-state index in [4.69, 9.17) is 10.8 Å². The molecule has 1 heterocycles. The Hall–Kier alpha value is -2.28. The Bertz CT molecular complexity index is 1190. The van der Waals surface area contributed by atoms with Crippen molar-refractivity contribution in [1.29, 1.82) is 0 Å². The van der Waals surface area contributed by atoms with Crippen molar-refractivity contribution in [3.8, 4) is 0 Å². The van der Waals surface area contributed by atoms with Gasteiger partial charge in [-0.1, -0.05) is 31.3 Å². The summed E-state index contributed by atoms with van der Waals surface area (Å²) in [5.41, 5.74) is 4.33. The van der Waals surface area contributed by atoms with Crippen LogP contribution >= 0.6 is 11.3 Å². The van der Waals surface area contributed by atoms with Crippen molar-refractivity contribution in [2.75, 3.05) is 5.32 Å². The zero-order valence-electron chi connectivity index (χ0n) is 19.1. The van der Waals surface area contributed by atoms with Gasteiger partial charge >= 0.3 is 0 Å². The van der Waals surface area contributed by atoms with E-state index in [9.17, 15) is 8.78 Å². The van der Waals surface area contributed by atoms with Crippen LogP contribution in [0.3, 0.4) is 0 Å². The molecule has 0 bridgehead atoms. The third kappa shape index (κ3) is 3.04. The highest BCUT2D eigenvalue weighted by Crippen LogP contribution is 2.65. The Morgan fingerprint density at radius 2 is 1.94 bits per heavy atom. The average Bonchev–Trinajstić information content (AvgIpc) is 3.35. The topological polar surface area (TPSA) is 63.3 Å². The predicted octanol–water partition coefficient (Wildman–Crippen LogP) is 6.66. The zero-order valence-corrected chi connectivity index (χ0v) is 19.9. The van der Waals surface area contributed by atoms with E-state index in [2.05, 4.69) is 30.3 Å². The first-order valence-corrected chi connectivity index (χ1v) is 12.8. The van der Waals surface area contributed by atoms with Crippen LogP contribution in [0.4, 0.5) is 19.6 Å². The van der Waals surface area contributed by atoms with Crippen molar-refractivity contribution in [1.82, 2.24) is 4.98 Å². The van der Waals surface area contributed by atoms with Gasteiger partial charge in [0, 0.05) is 17.2 Å². The molecule has 0 radical (unpaired) electrons. The number of thiazole rings is 1. The molecule has 0 unspecified atom stereocenters. The summed E-state index contributed by atoms with van der Waals surface area (Å²) in [5.74, 6) is 6.60. The number of aromatic nitrogens is 1. The summed E-state index contributed by atoms with van der Waals surface area (Å²) in [6, 6.07) is 3.59. The summed E-state index contributed by atoms with van der Waals surface area (Å²) in [4.78, 5) is 6.04. The molecule has 6 rings (SSSR count). The molecule has 0 saturated heterocycles. The summed E-state index contributed by atoms with van der Waals surface area (Å²) in [6.45, 7) is 4.85. The van der Waals surface area contributed by atoms with E-state index < -0.39 is 11.6 Å². The van der Waals surface area contributed by atoms with Crippen LogP contribution in [0.15, 0.2) is 29.4 Å². The maximum Gasteiger partial charge on any atom is 0.188 e. The van der Waals surface area contributed by atoms with Crippen LogP contribution in [-0.2, 0) is 6.42 Å². The minimum Gasteiger partial charge on any atom is -0.329 e. The standard InChI is InChI=1S/C26H30F2N4S/c1-25-12-10-21-23(33-24(31-21)30-20-7-3-14(27)13-19(20)28)18(25)5-4-15-16-6-8-22(32-29)26(16,2)11-9-17(15)25/h3,5,7,13,15-17H,4,6,8-12,29H2,1-2H3,(H,30,31)/b32-22+/t15-,16-,17-,25+,26-/m0/s1. The molecular weight excluding hydrogens is 438 g/mol. The zero-order chi connectivity index (χ0) is 23.0. The number of nitrogens with two attached hydrogens (primary N) is 1. The van der Waals surface area contributed by atoms with Crippen LogP contribution < -0.4 is 11.2 Å². The fraction of sp³-hybridized carbons (Fsp3) is 0.538. The van der Waals surface area contributed by atoms with Gasteiger partial charge in [-0.15, -0.1) is 0 Å². The molecule has 2 aromatic rings. The molecule has 2 fully saturated rings. The number of anilines is 2. The number of rotatable bonds is 2. The van der Waals surface area contributed by atoms with Gasteiger partial charge in [-0.2, -0.15) is 5.10 Å². The molecule has 174 valence electrons. The van der Waals surface area contributed by atoms with Crippen LogP contribution in [0.5, 0.6) is 0 Å². The van der Waals surface area contributed by atoms with E-state index in [0.29, 0.717) is 22.9 Å². The molecule has 5 atom stereocenters. The first-order chi connectivity index (χ1) is 15.8. The number of allylic oxidation sites excluding steroid dienone is 2. The first-order valence-electron chi connectivity index (χ1n) is 12.0. The van der Waals surface area contributed by atoms with E-state index in [1.54, 1.807) is 11.3 Å². The van der Waals surface area contributed by atoms with Crippen LogP contribution in [-0.4, -0.2) is 10.7 Å². The fourth-order valence-corrected chi connectivity index (χ4v) is 8.84. The van der Waals surface area contributed by atoms with E-state index >= 15 is 0 Å². The lowest BCUT2D eigenvalue weighted by atomic mass is 9.48. The predicted molar refractivity (Wildman–Crippen MR) is 129 cm³/mol. The molecule has 0 amide bonds. The molecule has 7 heteroatoms. The minimum atomic E-state index is -0.602. The summed E-state index contributed by atoms with van der Waals surface area (Å²) >= 11 is 1.60. The largest absolute Gasteiger partial charge is 0.329 e. The molecule has 4 nitrogen and oxygen atoms in total. The van der Waals surface area contributed by atoms with Crippen LogP contribution in [0.1, 0.15) is 62.9 Å². The van der Waals surface area contributed by atoms with E-state index in [0.717, 1.165) is 37.4 Å². The number of halogens is 2. The maximum atomic E-state index is 14.2. The quantitative estimate of drug-likeness (QED) is 0.383. The highest BCUT2D eigenvalue weighted by molar-refractivity contribution is 7.16. The van der Waals surface area contributed by atoms with E-state index in [1.165, 1.54) is 47.6 Å². The van der Waals surface area contributed by atoms with Gasteiger partial charge in [0.1, 0.15) is 11.6 Å². The Morgan fingerprint density at radius 1 is 1.12 bits per heavy atom. The summed E-state index contributed by atoms with van der Waals surface area (Å²) in [7, 11) is 0. The molecule has 0 aliphatic heterocycles. The Balaban J connectivity index is 1.32. The molecule has 1 aromatic carbocycles. The van der Waals surface area contributed by atoms with Gasteiger partial charge < -0.3 is 11.2 Å². The number of benzene rings is 1. The molecule has 33 heavy (non-hydrogen) atoms. The van der Waals surface area contributed by atoms with E-state index in [1.807, 2.05) is 0 Å². The molecule has 4 aliphatic carbocycles. The Kier molecular flexibility index (Phi) is 4.74. The van der Waals surface area contributed by atoms with Gasteiger partial charge in [0.15, 0.2) is 5.13 Å². The molecule has 3 N–H and O–H groups in total. The monoisotopic (exact) mass is 468 g/mol. The van der Waals surface area contributed by atoms with Gasteiger partial charge in [0.25, 0.3) is 0 Å². The number of nitrogens with one attached hydrogen (secondary N) is 1. The molecule has 2 saturated carbocycles. The second kappa shape index (κ2) is 7.36. The third-order valence-corrected chi connectivity index (χ3v) is 10.4. The highest BCUT2D eigenvalue weighted by Gasteiger charge is 2.58. The number of hydrazone groups is 1. The summed E-state index contributed by atoms with van der Waals surface area (Å²) in [6.07, 6.45) is 10.2. The van der Waals surface area contributed by atoms with Crippen LogP contribution in [0.2, 0.25) is 0 Å². The molecule has 0 spiro atoms. The number of fused-ring (bicyclic) bond motifs is 7. The van der Waals surface area contributed by atoms with Gasteiger partial charge in [-0.3, -0.25) is 0 Å². The van der Waals surface area contributed by atoms with Crippen molar-refractivity contribution in [2.45, 2.75) is 58.8 Å². The Morgan fingerprint density at radius 3 is 2.73 bits per heavy atom. The SMILES string of the molecule is C[C@]12CCc3nc(Nc4ccc(F)cc4F)sc3C1=CC[C@@H]1[C@@H]2CC[C@]2(C)/C(=N/N)CC[C@@H]12. The molecule has 1 aromatic heterocycles. The fourth-order valence-electron chi connectivity index (χ4n) is 7.64. The first kappa shape index (κ1) is 21.3. The van der Waals surface area contributed by atoms with E-state index in [-0.39, 0.29) is 16.5 Å². The lowest BCUT2D eigenvalue weighted by Crippen LogP contribution is -2.49.